The van der Waals surface area contributed by atoms with Crippen LogP contribution in [0.2, 0.25) is 0 Å². The highest BCUT2D eigenvalue weighted by atomic mass is 32.2. The standard InChI is InChI=1S/C13H11BF3NO2S/c15-13(16,17)10-4-5-12(18-7-10)21-8-9-2-1-3-11(6-9)14(19)20/h1-7,19-20H,8H2. The number of benzene rings is 1. The Morgan fingerprint density at radius 3 is 2.48 bits per heavy atom. The predicted molar refractivity (Wildman–Crippen MR) is 75.1 cm³/mol. The van der Waals surface area contributed by atoms with Crippen LogP contribution < -0.4 is 5.46 Å². The second kappa shape index (κ2) is 6.51. The van der Waals surface area contributed by atoms with Gasteiger partial charge in [0.25, 0.3) is 0 Å². The Morgan fingerprint density at radius 2 is 1.90 bits per heavy atom. The highest BCUT2D eigenvalue weighted by molar-refractivity contribution is 7.98. The lowest BCUT2D eigenvalue weighted by Crippen LogP contribution is -2.29. The van der Waals surface area contributed by atoms with Crippen molar-refractivity contribution in [1.82, 2.24) is 4.98 Å². The van der Waals surface area contributed by atoms with E-state index in [1.165, 1.54) is 17.8 Å². The zero-order valence-electron chi connectivity index (χ0n) is 10.7. The van der Waals surface area contributed by atoms with E-state index in [-0.39, 0.29) is 0 Å². The summed E-state index contributed by atoms with van der Waals surface area (Å²) in [4.78, 5) is 3.76. The summed E-state index contributed by atoms with van der Waals surface area (Å²) in [5, 5.41) is 18.6. The van der Waals surface area contributed by atoms with E-state index in [2.05, 4.69) is 4.98 Å². The Bertz CT molecular complexity index is 605. The lowest BCUT2D eigenvalue weighted by Gasteiger charge is -2.07. The number of hydrogen-bond acceptors (Lipinski definition) is 4. The molecule has 0 unspecified atom stereocenters. The molecule has 0 aliphatic heterocycles. The van der Waals surface area contributed by atoms with Gasteiger partial charge < -0.3 is 10.0 Å². The summed E-state index contributed by atoms with van der Waals surface area (Å²) in [5.74, 6) is 0.471. The molecule has 0 radical (unpaired) electrons. The zero-order chi connectivity index (χ0) is 15.5. The first-order valence-corrected chi connectivity index (χ1v) is 6.96. The lowest BCUT2D eigenvalue weighted by atomic mass is 9.80. The molecule has 0 saturated carbocycles. The fraction of sp³-hybridized carbons (Fsp3) is 0.154. The van der Waals surface area contributed by atoms with Gasteiger partial charge in [-0.05, 0) is 23.2 Å². The SMILES string of the molecule is OB(O)c1cccc(CSc2ccc(C(F)(F)F)cn2)c1. The Morgan fingerprint density at radius 1 is 1.14 bits per heavy atom. The van der Waals surface area contributed by atoms with Crippen LogP contribution in [0.15, 0.2) is 47.6 Å². The maximum absolute atomic E-state index is 12.4. The maximum atomic E-state index is 12.4. The molecule has 3 nitrogen and oxygen atoms in total. The highest BCUT2D eigenvalue weighted by Crippen LogP contribution is 2.30. The minimum absolute atomic E-state index is 0.369. The van der Waals surface area contributed by atoms with Gasteiger partial charge in [-0.15, -0.1) is 11.8 Å². The van der Waals surface area contributed by atoms with Crippen molar-refractivity contribution in [3.05, 3.63) is 53.7 Å². The molecule has 1 aromatic heterocycles. The van der Waals surface area contributed by atoms with E-state index >= 15 is 0 Å². The van der Waals surface area contributed by atoms with Gasteiger partial charge in [0, 0.05) is 11.9 Å². The van der Waals surface area contributed by atoms with Crippen molar-refractivity contribution in [2.45, 2.75) is 17.0 Å². The molecule has 110 valence electrons. The van der Waals surface area contributed by atoms with Crippen molar-refractivity contribution in [3.8, 4) is 0 Å². The number of nitrogens with zero attached hydrogens (tertiary/aromatic N) is 1. The number of rotatable bonds is 4. The van der Waals surface area contributed by atoms with E-state index < -0.39 is 18.9 Å². The van der Waals surface area contributed by atoms with Gasteiger partial charge in [-0.1, -0.05) is 24.3 Å². The third-order valence-electron chi connectivity index (χ3n) is 2.70. The van der Waals surface area contributed by atoms with E-state index in [0.29, 0.717) is 16.2 Å². The van der Waals surface area contributed by atoms with Crippen LogP contribution in [0.25, 0.3) is 0 Å². The summed E-state index contributed by atoms with van der Waals surface area (Å²) in [6.07, 6.45) is -3.59. The molecule has 8 heteroatoms. The van der Waals surface area contributed by atoms with Gasteiger partial charge in [0.2, 0.25) is 0 Å². The van der Waals surface area contributed by atoms with Crippen LogP contribution in [-0.4, -0.2) is 22.2 Å². The minimum Gasteiger partial charge on any atom is -0.423 e. The predicted octanol–water partition coefficient (Wildman–Crippen LogP) is 2.07. The summed E-state index contributed by atoms with van der Waals surface area (Å²) in [5.41, 5.74) is 0.415. The molecule has 0 aliphatic carbocycles. The first kappa shape index (κ1) is 15.9. The molecule has 0 bridgehead atoms. The van der Waals surface area contributed by atoms with E-state index in [1.807, 2.05) is 0 Å². The molecule has 0 saturated heterocycles. The third kappa shape index (κ3) is 4.49. The average molecular weight is 313 g/mol. The first-order valence-electron chi connectivity index (χ1n) is 5.97. The van der Waals surface area contributed by atoms with Crippen LogP contribution in [-0.2, 0) is 11.9 Å². The summed E-state index contributed by atoms with van der Waals surface area (Å²) < 4.78 is 37.2. The molecule has 1 heterocycles. The van der Waals surface area contributed by atoms with Crippen molar-refractivity contribution < 1.29 is 23.2 Å². The van der Waals surface area contributed by atoms with E-state index in [1.54, 1.807) is 24.3 Å². The summed E-state index contributed by atoms with van der Waals surface area (Å²) in [7, 11) is -1.54. The monoisotopic (exact) mass is 313 g/mol. The van der Waals surface area contributed by atoms with Gasteiger partial charge in [0.05, 0.1) is 10.6 Å². The Labute approximate surface area is 124 Å². The van der Waals surface area contributed by atoms with E-state index in [9.17, 15) is 13.2 Å². The van der Waals surface area contributed by atoms with Crippen molar-refractivity contribution >= 4 is 24.3 Å². The first-order chi connectivity index (χ1) is 9.86. The van der Waals surface area contributed by atoms with Gasteiger partial charge in [-0.2, -0.15) is 13.2 Å². The smallest absolute Gasteiger partial charge is 0.423 e. The number of alkyl halides is 3. The van der Waals surface area contributed by atoms with E-state index in [0.717, 1.165) is 17.8 Å². The Kier molecular flexibility index (Phi) is 4.92. The fourth-order valence-corrected chi connectivity index (χ4v) is 2.42. The minimum atomic E-state index is -4.39. The molecule has 1 aromatic carbocycles. The molecule has 0 fully saturated rings. The fourth-order valence-electron chi connectivity index (χ4n) is 1.63. The summed E-state index contributed by atoms with van der Waals surface area (Å²) in [6, 6.07) is 8.99. The van der Waals surface area contributed by atoms with Crippen LogP contribution in [0.5, 0.6) is 0 Å². The van der Waals surface area contributed by atoms with Crippen LogP contribution in [0, 0.1) is 0 Å². The summed E-state index contributed by atoms with van der Waals surface area (Å²) >= 11 is 1.27. The quantitative estimate of drug-likeness (QED) is 0.670. The molecule has 0 atom stereocenters. The lowest BCUT2D eigenvalue weighted by molar-refractivity contribution is -0.137. The molecule has 0 spiro atoms. The van der Waals surface area contributed by atoms with Gasteiger partial charge in [-0.3, -0.25) is 0 Å². The van der Waals surface area contributed by atoms with E-state index in [4.69, 9.17) is 10.0 Å². The zero-order valence-corrected chi connectivity index (χ0v) is 11.5. The van der Waals surface area contributed by atoms with Crippen LogP contribution in [0.1, 0.15) is 11.1 Å². The van der Waals surface area contributed by atoms with Gasteiger partial charge in [0.1, 0.15) is 0 Å². The maximum Gasteiger partial charge on any atom is 0.488 e. The van der Waals surface area contributed by atoms with Gasteiger partial charge in [-0.25, -0.2) is 4.98 Å². The highest BCUT2D eigenvalue weighted by Gasteiger charge is 2.30. The number of aromatic nitrogens is 1. The largest absolute Gasteiger partial charge is 0.488 e. The average Bonchev–Trinajstić information content (AvgIpc) is 2.45. The Balaban J connectivity index is 2.01. The molecule has 21 heavy (non-hydrogen) atoms. The molecule has 2 N–H and O–H groups in total. The van der Waals surface area contributed by atoms with Crippen molar-refractivity contribution in [3.63, 3.8) is 0 Å². The van der Waals surface area contributed by atoms with Gasteiger partial charge >= 0.3 is 13.3 Å². The van der Waals surface area contributed by atoms with Crippen LogP contribution in [0.3, 0.4) is 0 Å². The van der Waals surface area contributed by atoms with Crippen molar-refractivity contribution in [2.24, 2.45) is 0 Å². The normalized spacial score (nSPS) is 11.5. The van der Waals surface area contributed by atoms with Gasteiger partial charge in [0.15, 0.2) is 0 Å². The number of thioether (sulfide) groups is 1. The second-order valence-electron chi connectivity index (χ2n) is 4.29. The molecule has 0 aliphatic rings. The Hall–Kier alpha value is -1.51. The van der Waals surface area contributed by atoms with Crippen LogP contribution in [0.4, 0.5) is 13.2 Å². The second-order valence-corrected chi connectivity index (χ2v) is 5.29. The topological polar surface area (TPSA) is 53.4 Å². The summed E-state index contributed by atoms with van der Waals surface area (Å²) in [6.45, 7) is 0. The van der Waals surface area contributed by atoms with Crippen molar-refractivity contribution in [1.29, 1.82) is 0 Å². The van der Waals surface area contributed by atoms with Crippen LogP contribution >= 0.6 is 11.8 Å². The molecule has 0 amide bonds. The van der Waals surface area contributed by atoms with Crippen molar-refractivity contribution in [2.75, 3.05) is 0 Å². The number of halogens is 3. The molecular formula is C13H11BF3NO2S. The number of hydrogen-bond donors (Lipinski definition) is 2. The molecular weight excluding hydrogens is 302 g/mol. The molecule has 2 aromatic rings. The number of pyridine rings is 1. The molecule has 2 rings (SSSR count). The third-order valence-corrected chi connectivity index (χ3v) is 3.71.